The maximum absolute atomic E-state index is 4.84. The first-order chi connectivity index (χ1) is 13.3. The fraction of sp³-hybridized carbons (Fsp3) is 0.926. The molecule has 4 rings (SSSR count). The third-order valence-corrected chi connectivity index (χ3v) is 10.7. The van der Waals surface area contributed by atoms with Crippen LogP contribution in [-0.2, 0) is 0 Å². The smallest absolute Gasteiger partial charge is 0.00545 e. The molecule has 4 aliphatic carbocycles. The summed E-state index contributed by atoms with van der Waals surface area (Å²) in [5.41, 5.74) is 2.92. The minimum absolute atomic E-state index is 0.504. The van der Waals surface area contributed by atoms with Crippen LogP contribution in [0.1, 0.15) is 105 Å². The van der Waals surface area contributed by atoms with Gasteiger partial charge in [-0.1, -0.05) is 65.5 Å². The molecule has 3 fully saturated rings. The Balaban J connectivity index is 1.49. The molecule has 0 bridgehead atoms. The molecule has 0 amide bonds. The normalized spacial score (nSPS) is 46.5. The number of hydrogen-bond acceptors (Lipinski definition) is 1. The number of rotatable bonds is 5. The fourth-order valence-electron chi connectivity index (χ4n) is 8.67. The molecule has 0 saturated heterocycles. The quantitative estimate of drug-likeness (QED) is 0.347. The first kappa shape index (κ1) is 21.3. The van der Waals surface area contributed by atoms with Crippen LogP contribution in [0.3, 0.4) is 0 Å². The lowest BCUT2D eigenvalue weighted by Gasteiger charge is -2.58. The highest BCUT2D eigenvalue weighted by molar-refractivity contribution is 7.80. The predicted molar refractivity (Wildman–Crippen MR) is 126 cm³/mol. The second-order valence-electron chi connectivity index (χ2n) is 12.2. The first-order valence-electron chi connectivity index (χ1n) is 12.6. The lowest BCUT2D eigenvalue weighted by Crippen LogP contribution is -2.50. The van der Waals surface area contributed by atoms with Crippen LogP contribution >= 0.6 is 12.6 Å². The molecule has 0 aromatic rings. The van der Waals surface area contributed by atoms with E-state index in [0.29, 0.717) is 16.1 Å². The summed E-state index contributed by atoms with van der Waals surface area (Å²) in [6.07, 6.45) is 18.4. The van der Waals surface area contributed by atoms with Crippen molar-refractivity contribution < 1.29 is 0 Å². The Morgan fingerprint density at radius 2 is 1.79 bits per heavy atom. The van der Waals surface area contributed by atoms with Gasteiger partial charge in [0.1, 0.15) is 0 Å². The number of hydrogen-bond donors (Lipinski definition) is 1. The van der Waals surface area contributed by atoms with E-state index in [9.17, 15) is 0 Å². The maximum atomic E-state index is 4.84. The SMILES string of the molecule is CC(C)CCC[C@H](C)[C@@H]1CC[C@@H]2[C@H]3CC=C4C[C@@H](S)CC[C@]4(C)[C@@H]3CC[C@]21C. The fourth-order valence-corrected chi connectivity index (χ4v) is 8.99. The van der Waals surface area contributed by atoms with Crippen LogP contribution in [0.5, 0.6) is 0 Å². The van der Waals surface area contributed by atoms with Gasteiger partial charge in [0.15, 0.2) is 0 Å². The zero-order chi connectivity index (χ0) is 20.1. The third-order valence-electron chi connectivity index (χ3n) is 10.3. The van der Waals surface area contributed by atoms with E-state index in [4.69, 9.17) is 12.6 Å². The van der Waals surface area contributed by atoms with Gasteiger partial charge in [0.2, 0.25) is 0 Å². The van der Waals surface area contributed by atoms with Gasteiger partial charge < -0.3 is 0 Å². The highest BCUT2D eigenvalue weighted by Gasteiger charge is 2.58. The van der Waals surface area contributed by atoms with Crippen LogP contribution in [-0.4, -0.2) is 5.25 Å². The molecule has 0 aromatic carbocycles. The van der Waals surface area contributed by atoms with Crippen molar-refractivity contribution in [1.29, 1.82) is 0 Å². The van der Waals surface area contributed by atoms with E-state index in [0.717, 1.165) is 35.5 Å². The molecule has 0 N–H and O–H groups in total. The molecule has 8 atom stereocenters. The maximum Gasteiger partial charge on any atom is 0.00545 e. The summed E-state index contributed by atoms with van der Waals surface area (Å²) in [7, 11) is 0. The van der Waals surface area contributed by atoms with E-state index in [2.05, 4.69) is 40.7 Å². The van der Waals surface area contributed by atoms with Gasteiger partial charge in [-0.05, 0) is 97.7 Å². The van der Waals surface area contributed by atoms with E-state index >= 15 is 0 Å². The summed E-state index contributed by atoms with van der Waals surface area (Å²) in [5.74, 6) is 5.70. The van der Waals surface area contributed by atoms with Gasteiger partial charge in [-0.15, -0.1) is 0 Å². The van der Waals surface area contributed by atoms with Crippen LogP contribution in [0, 0.1) is 46.3 Å². The summed E-state index contributed by atoms with van der Waals surface area (Å²) >= 11 is 4.84. The molecule has 160 valence electrons. The summed E-state index contributed by atoms with van der Waals surface area (Å²) in [5, 5.41) is 0.618. The standard InChI is InChI=1S/C27H46S/c1-18(2)7-6-8-19(3)23-11-12-24-22-10-9-20-17-21(28)13-15-26(20,4)25(22)14-16-27(23,24)5/h9,18-19,21-25,28H,6-8,10-17H2,1-5H3/t19-,21-,22+,23-,24+,25+,26-,27-/m0/s1. The minimum Gasteiger partial charge on any atom is -0.176 e. The van der Waals surface area contributed by atoms with Crippen molar-refractivity contribution in [2.24, 2.45) is 46.3 Å². The lowest BCUT2D eigenvalue weighted by molar-refractivity contribution is -0.0497. The van der Waals surface area contributed by atoms with E-state index < -0.39 is 0 Å². The Labute approximate surface area is 181 Å². The summed E-state index contributed by atoms with van der Waals surface area (Å²) in [6.45, 7) is 12.7. The zero-order valence-electron chi connectivity index (χ0n) is 19.3. The molecule has 0 aromatic heterocycles. The second kappa shape index (κ2) is 7.97. The van der Waals surface area contributed by atoms with Gasteiger partial charge >= 0.3 is 0 Å². The average Bonchev–Trinajstić information content (AvgIpc) is 2.99. The Morgan fingerprint density at radius 3 is 2.54 bits per heavy atom. The monoisotopic (exact) mass is 402 g/mol. The van der Waals surface area contributed by atoms with Gasteiger partial charge in [-0.25, -0.2) is 0 Å². The lowest BCUT2D eigenvalue weighted by atomic mass is 9.47. The van der Waals surface area contributed by atoms with Crippen LogP contribution < -0.4 is 0 Å². The molecule has 28 heavy (non-hydrogen) atoms. The zero-order valence-corrected chi connectivity index (χ0v) is 20.2. The van der Waals surface area contributed by atoms with E-state index in [1.807, 2.05) is 0 Å². The van der Waals surface area contributed by atoms with Crippen LogP contribution in [0.15, 0.2) is 11.6 Å². The van der Waals surface area contributed by atoms with Gasteiger partial charge in [-0.2, -0.15) is 12.6 Å². The molecule has 0 spiro atoms. The van der Waals surface area contributed by atoms with Crippen molar-refractivity contribution in [3.63, 3.8) is 0 Å². The van der Waals surface area contributed by atoms with Crippen molar-refractivity contribution in [2.75, 3.05) is 0 Å². The molecule has 0 radical (unpaired) electrons. The molecule has 0 aliphatic heterocycles. The minimum atomic E-state index is 0.504. The number of thiol groups is 1. The molecule has 1 heteroatoms. The van der Waals surface area contributed by atoms with Crippen molar-refractivity contribution in [3.8, 4) is 0 Å². The average molecular weight is 403 g/mol. The van der Waals surface area contributed by atoms with Crippen LogP contribution in [0.2, 0.25) is 0 Å². The summed E-state index contributed by atoms with van der Waals surface area (Å²) < 4.78 is 0. The summed E-state index contributed by atoms with van der Waals surface area (Å²) in [4.78, 5) is 0. The largest absolute Gasteiger partial charge is 0.176 e. The predicted octanol–water partition coefficient (Wildman–Crippen LogP) is 8.33. The highest BCUT2D eigenvalue weighted by atomic mass is 32.1. The highest BCUT2D eigenvalue weighted by Crippen LogP contribution is 2.67. The summed E-state index contributed by atoms with van der Waals surface area (Å²) in [6, 6.07) is 0. The molecule has 3 saturated carbocycles. The Hall–Kier alpha value is 0.0900. The third kappa shape index (κ3) is 3.54. The van der Waals surface area contributed by atoms with E-state index in [-0.39, 0.29) is 0 Å². The van der Waals surface area contributed by atoms with Gasteiger partial charge in [0, 0.05) is 5.25 Å². The molecule has 0 unspecified atom stereocenters. The van der Waals surface area contributed by atoms with Crippen molar-refractivity contribution in [3.05, 3.63) is 11.6 Å². The van der Waals surface area contributed by atoms with Gasteiger partial charge in [-0.3, -0.25) is 0 Å². The van der Waals surface area contributed by atoms with Crippen LogP contribution in [0.25, 0.3) is 0 Å². The molecular weight excluding hydrogens is 356 g/mol. The van der Waals surface area contributed by atoms with Crippen LogP contribution in [0.4, 0.5) is 0 Å². The molecule has 4 aliphatic rings. The number of allylic oxidation sites excluding steroid dienone is 2. The van der Waals surface area contributed by atoms with E-state index in [1.165, 1.54) is 70.6 Å². The van der Waals surface area contributed by atoms with Crippen molar-refractivity contribution in [2.45, 2.75) is 110 Å². The Morgan fingerprint density at radius 1 is 1.00 bits per heavy atom. The second-order valence-corrected chi connectivity index (χ2v) is 12.9. The van der Waals surface area contributed by atoms with Gasteiger partial charge in [0.05, 0.1) is 0 Å². The molecule has 0 nitrogen and oxygen atoms in total. The van der Waals surface area contributed by atoms with E-state index in [1.54, 1.807) is 5.57 Å². The molecule has 0 heterocycles. The topological polar surface area (TPSA) is 0 Å². The number of fused-ring (bicyclic) bond motifs is 5. The van der Waals surface area contributed by atoms with Crippen molar-refractivity contribution >= 4 is 12.6 Å². The molecular formula is C27H46S. The Bertz CT molecular complexity index is 591. The van der Waals surface area contributed by atoms with Gasteiger partial charge in [0.25, 0.3) is 0 Å². The Kier molecular flexibility index (Phi) is 6.07. The first-order valence-corrected chi connectivity index (χ1v) is 13.1. The van der Waals surface area contributed by atoms with Crippen molar-refractivity contribution in [1.82, 2.24) is 0 Å².